The van der Waals surface area contributed by atoms with Crippen molar-refractivity contribution in [1.82, 2.24) is 20.2 Å². The van der Waals surface area contributed by atoms with Crippen molar-refractivity contribution in [1.29, 1.82) is 0 Å². The first kappa shape index (κ1) is 11.4. The van der Waals surface area contributed by atoms with E-state index in [9.17, 15) is 0 Å². The Morgan fingerprint density at radius 3 is 3.06 bits per heavy atom. The molecule has 2 N–H and O–H groups in total. The standard InChI is InChI=1S/C11H10ClN5S/c1-2-13-11-15-8(9-7(12)3-4-18-9)6-5-14-17-10(6)16-11/h3-5H,2H2,1H3,(H2,13,14,15,16,17). The van der Waals surface area contributed by atoms with Crippen LogP contribution >= 0.6 is 22.9 Å². The summed E-state index contributed by atoms with van der Waals surface area (Å²) in [5.41, 5.74) is 1.52. The summed E-state index contributed by atoms with van der Waals surface area (Å²) in [5, 5.41) is 13.5. The average Bonchev–Trinajstić information content (AvgIpc) is 2.97. The molecule has 0 saturated heterocycles. The van der Waals surface area contributed by atoms with Crippen LogP contribution in [-0.4, -0.2) is 26.7 Å². The lowest BCUT2D eigenvalue weighted by Crippen LogP contribution is -2.03. The van der Waals surface area contributed by atoms with Crippen LogP contribution in [0.2, 0.25) is 5.02 Å². The van der Waals surface area contributed by atoms with Gasteiger partial charge in [0.1, 0.15) is 0 Å². The molecular formula is C11H10ClN5S. The summed E-state index contributed by atoms with van der Waals surface area (Å²) in [5.74, 6) is 0.578. The molecule has 0 aromatic carbocycles. The quantitative estimate of drug-likeness (QED) is 0.773. The fraction of sp³-hybridized carbons (Fsp3) is 0.182. The maximum absolute atomic E-state index is 6.17. The Hall–Kier alpha value is -1.66. The van der Waals surface area contributed by atoms with Crippen LogP contribution in [0, 0.1) is 0 Å². The lowest BCUT2D eigenvalue weighted by Gasteiger charge is -2.05. The Morgan fingerprint density at radius 1 is 1.44 bits per heavy atom. The third kappa shape index (κ3) is 1.83. The molecule has 0 aliphatic heterocycles. The van der Waals surface area contributed by atoms with Gasteiger partial charge in [0.25, 0.3) is 0 Å². The second-order valence-electron chi connectivity index (χ2n) is 3.66. The Balaban J connectivity index is 2.26. The maximum atomic E-state index is 6.17. The van der Waals surface area contributed by atoms with Crippen molar-refractivity contribution in [3.8, 4) is 10.6 Å². The highest BCUT2D eigenvalue weighted by atomic mass is 35.5. The largest absolute Gasteiger partial charge is 0.354 e. The molecule has 5 nitrogen and oxygen atoms in total. The van der Waals surface area contributed by atoms with Crippen LogP contribution in [0.25, 0.3) is 21.6 Å². The Morgan fingerprint density at radius 2 is 2.33 bits per heavy atom. The fourth-order valence-electron chi connectivity index (χ4n) is 1.71. The molecule has 0 spiro atoms. The normalized spacial score (nSPS) is 11.0. The number of aromatic nitrogens is 4. The van der Waals surface area contributed by atoms with E-state index in [1.165, 1.54) is 0 Å². The lowest BCUT2D eigenvalue weighted by molar-refractivity contribution is 1.07. The van der Waals surface area contributed by atoms with E-state index in [4.69, 9.17) is 11.6 Å². The number of halogens is 1. The number of nitrogens with one attached hydrogen (secondary N) is 2. The molecule has 0 aliphatic rings. The predicted molar refractivity (Wildman–Crippen MR) is 74.2 cm³/mol. The van der Waals surface area contributed by atoms with E-state index in [2.05, 4.69) is 25.5 Å². The topological polar surface area (TPSA) is 66.5 Å². The number of aromatic amines is 1. The van der Waals surface area contributed by atoms with Crippen molar-refractivity contribution in [2.75, 3.05) is 11.9 Å². The number of H-pyrrole nitrogens is 1. The molecule has 0 amide bonds. The monoisotopic (exact) mass is 279 g/mol. The van der Waals surface area contributed by atoms with Crippen LogP contribution in [0.4, 0.5) is 5.95 Å². The number of thiophene rings is 1. The highest BCUT2D eigenvalue weighted by molar-refractivity contribution is 7.14. The van der Waals surface area contributed by atoms with Crippen molar-refractivity contribution in [2.24, 2.45) is 0 Å². The molecule has 0 unspecified atom stereocenters. The van der Waals surface area contributed by atoms with Gasteiger partial charge < -0.3 is 5.32 Å². The van der Waals surface area contributed by atoms with Gasteiger partial charge in [-0.2, -0.15) is 10.1 Å². The van der Waals surface area contributed by atoms with Gasteiger partial charge in [0.05, 0.1) is 27.2 Å². The van der Waals surface area contributed by atoms with Gasteiger partial charge in [-0.1, -0.05) is 11.6 Å². The van der Waals surface area contributed by atoms with E-state index in [-0.39, 0.29) is 0 Å². The van der Waals surface area contributed by atoms with Crippen LogP contribution in [0.3, 0.4) is 0 Å². The molecule has 3 rings (SSSR count). The molecule has 0 atom stereocenters. The highest BCUT2D eigenvalue weighted by Crippen LogP contribution is 2.35. The van der Waals surface area contributed by atoms with E-state index < -0.39 is 0 Å². The number of rotatable bonds is 3. The van der Waals surface area contributed by atoms with Crippen molar-refractivity contribution in [3.05, 3.63) is 22.7 Å². The van der Waals surface area contributed by atoms with Crippen LogP contribution in [0.15, 0.2) is 17.6 Å². The molecule has 92 valence electrons. The Kier molecular flexibility index (Phi) is 2.89. The molecular weight excluding hydrogens is 270 g/mol. The summed E-state index contributed by atoms with van der Waals surface area (Å²) in [6.45, 7) is 2.76. The minimum absolute atomic E-state index is 0.578. The van der Waals surface area contributed by atoms with Gasteiger partial charge in [-0.25, -0.2) is 4.98 Å². The molecule has 0 fully saturated rings. The summed E-state index contributed by atoms with van der Waals surface area (Å²) >= 11 is 7.73. The minimum Gasteiger partial charge on any atom is -0.354 e. The number of hydrogen-bond donors (Lipinski definition) is 2. The van der Waals surface area contributed by atoms with E-state index in [0.717, 1.165) is 22.5 Å². The predicted octanol–water partition coefficient (Wildman–Crippen LogP) is 3.17. The van der Waals surface area contributed by atoms with E-state index in [1.807, 2.05) is 18.4 Å². The van der Waals surface area contributed by atoms with Crippen molar-refractivity contribution < 1.29 is 0 Å². The molecule has 3 heterocycles. The van der Waals surface area contributed by atoms with Gasteiger partial charge in [0.2, 0.25) is 5.95 Å². The number of fused-ring (bicyclic) bond motifs is 1. The maximum Gasteiger partial charge on any atom is 0.225 e. The number of hydrogen-bond acceptors (Lipinski definition) is 5. The first-order valence-corrected chi connectivity index (χ1v) is 6.73. The summed E-state index contributed by atoms with van der Waals surface area (Å²) in [6, 6.07) is 1.86. The second kappa shape index (κ2) is 4.55. The third-order valence-electron chi connectivity index (χ3n) is 2.48. The molecule has 3 aromatic heterocycles. The number of anilines is 1. The fourth-order valence-corrected chi connectivity index (χ4v) is 2.86. The van der Waals surface area contributed by atoms with Gasteiger partial charge in [0.15, 0.2) is 5.65 Å². The summed E-state index contributed by atoms with van der Waals surface area (Å²) in [6.07, 6.45) is 1.72. The van der Waals surface area contributed by atoms with E-state index >= 15 is 0 Å². The zero-order valence-corrected chi connectivity index (χ0v) is 11.1. The summed E-state index contributed by atoms with van der Waals surface area (Å²) in [7, 11) is 0. The van der Waals surface area contributed by atoms with Crippen molar-refractivity contribution in [2.45, 2.75) is 6.92 Å². The van der Waals surface area contributed by atoms with Gasteiger partial charge in [-0.05, 0) is 18.4 Å². The van der Waals surface area contributed by atoms with Gasteiger partial charge in [0, 0.05) is 6.54 Å². The van der Waals surface area contributed by atoms with Crippen LogP contribution in [-0.2, 0) is 0 Å². The minimum atomic E-state index is 0.578. The lowest BCUT2D eigenvalue weighted by atomic mass is 10.2. The van der Waals surface area contributed by atoms with Crippen molar-refractivity contribution in [3.63, 3.8) is 0 Å². The smallest absolute Gasteiger partial charge is 0.225 e. The van der Waals surface area contributed by atoms with Crippen LogP contribution in [0.1, 0.15) is 6.92 Å². The molecule has 7 heteroatoms. The van der Waals surface area contributed by atoms with Gasteiger partial charge in [-0.15, -0.1) is 11.3 Å². The van der Waals surface area contributed by atoms with Gasteiger partial charge in [-0.3, -0.25) is 5.10 Å². The number of nitrogens with zero attached hydrogens (tertiary/aromatic N) is 3. The molecule has 18 heavy (non-hydrogen) atoms. The Labute approximate surface area is 112 Å². The summed E-state index contributed by atoms with van der Waals surface area (Å²) in [4.78, 5) is 9.79. The van der Waals surface area contributed by atoms with Crippen LogP contribution in [0.5, 0.6) is 0 Å². The first-order valence-electron chi connectivity index (χ1n) is 5.48. The molecule has 0 bridgehead atoms. The second-order valence-corrected chi connectivity index (χ2v) is 4.98. The van der Waals surface area contributed by atoms with Crippen molar-refractivity contribution >= 4 is 39.9 Å². The molecule has 3 aromatic rings. The SMILES string of the molecule is CCNc1nc(-c2sccc2Cl)c2cn[nH]c2n1. The van der Waals surface area contributed by atoms with E-state index in [0.29, 0.717) is 16.6 Å². The summed E-state index contributed by atoms with van der Waals surface area (Å²) < 4.78 is 0. The van der Waals surface area contributed by atoms with Crippen LogP contribution < -0.4 is 5.32 Å². The zero-order valence-electron chi connectivity index (χ0n) is 9.57. The zero-order chi connectivity index (χ0) is 12.5. The van der Waals surface area contributed by atoms with Gasteiger partial charge >= 0.3 is 0 Å². The first-order chi connectivity index (χ1) is 8.79. The molecule has 0 saturated carbocycles. The molecule has 0 aliphatic carbocycles. The highest BCUT2D eigenvalue weighted by Gasteiger charge is 2.14. The Bertz CT molecular complexity index is 690. The third-order valence-corrected chi connectivity index (χ3v) is 3.83. The van der Waals surface area contributed by atoms with E-state index in [1.54, 1.807) is 17.5 Å². The average molecular weight is 280 g/mol. The molecule has 0 radical (unpaired) electrons.